The second-order valence-corrected chi connectivity index (χ2v) is 6.30. The van der Waals surface area contributed by atoms with E-state index in [-0.39, 0.29) is 18.3 Å². The SMILES string of the molecule is COC(=O)c1ccc(NCC(=O)c2cc(C)n(-c3ccccc3)c2C)cc1. The Bertz CT molecular complexity index is 957. The van der Waals surface area contributed by atoms with Gasteiger partial charge in [-0.2, -0.15) is 0 Å². The molecular weight excluding hydrogens is 340 g/mol. The molecule has 0 atom stereocenters. The number of ether oxygens (including phenoxy) is 1. The molecule has 0 aliphatic rings. The molecule has 0 saturated heterocycles. The summed E-state index contributed by atoms with van der Waals surface area (Å²) in [5, 5.41) is 3.11. The predicted molar refractivity (Wildman–Crippen MR) is 106 cm³/mol. The lowest BCUT2D eigenvalue weighted by Gasteiger charge is -2.10. The molecule has 0 unspecified atom stereocenters. The number of Topliss-reactive ketones (excluding diaryl/α,β-unsaturated/α-hetero) is 1. The van der Waals surface area contributed by atoms with Crippen molar-refractivity contribution in [1.29, 1.82) is 0 Å². The minimum Gasteiger partial charge on any atom is -0.465 e. The van der Waals surface area contributed by atoms with Gasteiger partial charge in [0.25, 0.3) is 0 Å². The van der Waals surface area contributed by atoms with Crippen LogP contribution in [-0.4, -0.2) is 30.0 Å². The van der Waals surface area contributed by atoms with Crippen LogP contribution in [0.25, 0.3) is 5.69 Å². The molecule has 1 N–H and O–H groups in total. The summed E-state index contributed by atoms with van der Waals surface area (Å²) in [6, 6.07) is 18.8. The summed E-state index contributed by atoms with van der Waals surface area (Å²) in [5.41, 5.74) is 4.93. The van der Waals surface area contributed by atoms with Crippen LogP contribution in [0.3, 0.4) is 0 Å². The van der Waals surface area contributed by atoms with Gasteiger partial charge in [0.15, 0.2) is 5.78 Å². The van der Waals surface area contributed by atoms with E-state index < -0.39 is 0 Å². The lowest BCUT2D eigenvalue weighted by molar-refractivity contribution is 0.0600. The lowest BCUT2D eigenvalue weighted by atomic mass is 10.1. The van der Waals surface area contributed by atoms with E-state index in [9.17, 15) is 9.59 Å². The van der Waals surface area contributed by atoms with Gasteiger partial charge in [-0.1, -0.05) is 18.2 Å². The number of para-hydroxylation sites is 1. The first kappa shape index (κ1) is 18.5. The number of nitrogens with one attached hydrogen (secondary N) is 1. The quantitative estimate of drug-likeness (QED) is 0.528. The number of rotatable bonds is 6. The van der Waals surface area contributed by atoms with Gasteiger partial charge in [-0.15, -0.1) is 0 Å². The number of nitrogens with zero attached hydrogens (tertiary/aromatic N) is 1. The number of carbonyl (C=O) groups excluding carboxylic acids is 2. The zero-order valence-corrected chi connectivity index (χ0v) is 15.7. The molecule has 138 valence electrons. The largest absolute Gasteiger partial charge is 0.465 e. The first-order chi connectivity index (χ1) is 13.0. The highest BCUT2D eigenvalue weighted by Gasteiger charge is 2.16. The fraction of sp³-hybridized carbons (Fsp3) is 0.182. The highest BCUT2D eigenvalue weighted by atomic mass is 16.5. The number of hydrogen-bond acceptors (Lipinski definition) is 4. The fourth-order valence-electron chi connectivity index (χ4n) is 3.14. The molecule has 3 rings (SSSR count). The zero-order chi connectivity index (χ0) is 19.4. The number of esters is 1. The minimum atomic E-state index is -0.383. The van der Waals surface area contributed by atoms with Crippen LogP contribution in [0.1, 0.15) is 32.1 Å². The maximum absolute atomic E-state index is 12.7. The van der Waals surface area contributed by atoms with Crippen molar-refractivity contribution in [2.45, 2.75) is 13.8 Å². The smallest absolute Gasteiger partial charge is 0.337 e. The highest BCUT2D eigenvalue weighted by Crippen LogP contribution is 2.21. The van der Waals surface area contributed by atoms with E-state index in [4.69, 9.17) is 0 Å². The number of aromatic nitrogens is 1. The third-order valence-corrected chi connectivity index (χ3v) is 4.50. The van der Waals surface area contributed by atoms with E-state index >= 15 is 0 Å². The van der Waals surface area contributed by atoms with Crippen LogP contribution in [0.5, 0.6) is 0 Å². The third kappa shape index (κ3) is 3.92. The van der Waals surface area contributed by atoms with Gasteiger partial charge in [0.2, 0.25) is 0 Å². The second kappa shape index (κ2) is 7.91. The maximum Gasteiger partial charge on any atom is 0.337 e. The van der Waals surface area contributed by atoms with Gasteiger partial charge in [-0.05, 0) is 56.3 Å². The Labute approximate surface area is 158 Å². The monoisotopic (exact) mass is 362 g/mol. The zero-order valence-electron chi connectivity index (χ0n) is 15.7. The van der Waals surface area contributed by atoms with E-state index in [2.05, 4.69) is 14.6 Å². The Morgan fingerprint density at radius 1 is 1.00 bits per heavy atom. The van der Waals surface area contributed by atoms with E-state index in [1.54, 1.807) is 24.3 Å². The third-order valence-electron chi connectivity index (χ3n) is 4.50. The highest BCUT2D eigenvalue weighted by molar-refractivity contribution is 6.00. The Morgan fingerprint density at radius 2 is 1.67 bits per heavy atom. The summed E-state index contributed by atoms with van der Waals surface area (Å²) in [6.45, 7) is 4.13. The number of carbonyl (C=O) groups is 2. The van der Waals surface area contributed by atoms with Crippen molar-refractivity contribution in [2.24, 2.45) is 0 Å². The number of anilines is 1. The van der Waals surface area contributed by atoms with E-state index in [0.717, 1.165) is 22.8 Å². The molecular formula is C22H22N2O3. The van der Waals surface area contributed by atoms with Gasteiger partial charge in [-0.3, -0.25) is 4.79 Å². The number of methoxy groups -OCH3 is 1. The van der Waals surface area contributed by atoms with E-state index in [1.807, 2.05) is 50.2 Å². The van der Waals surface area contributed by atoms with Gasteiger partial charge < -0.3 is 14.6 Å². The Hall–Kier alpha value is -3.34. The van der Waals surface area contributed by atoms with Gasteiger partial charge in [0, 0.05) is 28.3 Å². The molecule has 0 spiro atoms. The second-order valence-electron chi connectivity index (χ2n) is 6.30. The van der Waals surface area contributed by atoms with Crippen molar-refractivity contribution in [3.05, 3.63) is 83.2 Å². The Morgan fingerprint density at radius 3 is 2.30 bits per heavy atom. The summed E-state index contributed by atoms with van der Waals surface area (Å²) in [4.78, 5) is 24.2. The minimum absolute atomic E-state index is 0.0160. The van der Waals surface area contributed by atoms with E-state index in [0.29, 0.717) is 11.1 Å². The molecule has 0 radical (unpaired) electrons. The van der Waals surface area contributed by atoms with Crippen molar-refractivity contribution in [3.63, 3.8) is 0 Å². The molecule has 5 nitrogen and oxygen atoms in total. The van der Waals surface area contributed by atoms with Crippen molar-refractivity contribution in [3.8, 4) is 5.69 Å². The number of ketones is 1. The molecule has 0 aliphatic heterocycles. The lowest BCUT2D eigenvalue weighted by Crippen LogP contribution is -2.15. The molecule has 27 heavy (non-hydrogen) atoms. The van der Waals surface area contributed by atoms with Crippen LogP contribution in [-0.2, 0) is 4.74 Å². The number of benzene rings is 2. The van der Waals surface area contributed by atoms with Crippen LogP contribution >= 0.6 is 0 Å². The van der Waals surface area contributed by atoms with Crippen molar-refractivity contribution < 1.29 is 14.3 Å². The normalized spacial score (nSPS) is 10.5. The van der Waals surface area contributed by atoms with Crippen molar-refractivity contribution in [1.82, 2.24) is 4.57 Å². The average Bonchev–Trinajstić information content (AvgIpc) is 3.00. The summed E-state index contributed by atoms with van der Waals surface area (Å²) in [5.74, 6) is -0.367. The molecule has 0 amide bonds. The molecule has 1 aromatic heterocycles. The van der Waals surface area contributed by atoms with Crippen LogP contribution < -0.4 is 5.32 Å². The van der Waals surface area contributed by atoms with Gasteiger partial charge in [0.05, 0.1) is 19.2 Å². The van der Waals surface area contributed by atoms with Gasteiger partial charge in [-0.25, -0.2) is 4.79 Å². The standard InChI is InChI=1S/C22H22N2O3/c1-15-13-20(16(2)24(15)19-7-5-4-6-8-19)21(25)14-23-18-11-9-17(10-12-18)22(26)27-3/h4-13,23H,14H2,1-3H3. The molecule has 0 aliphatic carbocycles. The summed E-state index contributed by atoms with van der Waals surface area (Å²) in [6.07, 6.45) is 0. The first-order valence-electron chi connectivity index (χ1n) is 8.71. The van der Waals surface area contributed by atoms with Crippen LogP contribution in [0.4, 0.5) is 5.69 Å². The molecule has 1 heterocycles. The molecule has 5 heteroatoms. The number of hydrogen-bond donors (Lipinski definition) is 1. The summed E-state index contributed by atoms with van der Waals surface area (Å²) >= 11 is 0. The topological polar surface area (TPSA) is 60.3 Å². The van der Waals surface area contributed by atoms with Crippen molar-refractivity contribution >= 4 is 17.4 Å². The molecule has 0 bridgehead atoms. The summed E-state index contributed by atoms with van der Waals surface area (Å²) < 4.78 is 6.76. The maximum atomic E-state index is 12.7. The average molecular weight is 362 g/mol. The molecule has 3 aromatic rings. The van der Waals surface area contributed by atoms with Crippen molar-refractivity contribution in [2.75, 3.05) is 19.0 Å². The number of aryl methyl sites for hydroxylation is 1. The predicted octanol–water partition coefficient (Wildman–Crippen LogP) is 4.18. The van der Waals surface area contributed by atoms with E-state index in [1.165, 1.54) is 7.11 Å². The molecule has 2 aromatic carbocycles. The van der Waals surface area contributed by atoms with Crippen LogP contribution in [0, 0.1) is 13.8 Å². The van der Waals surface area contributed by atoms with Gasteiger partial charge in [0.1, 0.15) is 0 Å². The van der Waals surface area contributed by atoms with Gasteiger partial charge >= 0.3 is 5.97 Å². The Kier molecular flexibility index (Phi) is 5.41. The first-order valence-corrected chi connectivity index (χ1v) is 8.71. The Balaban J connectivity index is 1.73. The molecule has 0 saturated carbocycles. The van der Waals surface area contributed by atoms with Crippen LogP contribution in [0.15, 0.2) is 60.7 Å². The summed E-state index contributed by atoms with van der Waals surface area (Å²) in [7, 11) is 1.35. The fourth-order valence-corrected chi connectivity index (χ4v) is 3.14. The van der Waals surface area contributed by atoms with Crippen LogP contribution in [0.2, 0.25) is 0 Å². The molecule has 0 fully saturated rings.